The molecule has 0 fully saturated rings. The second-order valence-corrected chi connectivity index (χ2v) is 4.31. The average Bonchev–Trinajstić information content (AvgIpc) is 2.14. The van der Waals surface area contributed by atoms with Crippen LogP contribution in [0.2, 0.25) is 5.02 Å². The van der Waals surface area contributed by atoms with Gasteiger partial charge < -0.3 is 4.79 Å². The molecule has 0 aromatic heterocycles. The molecular formula is C12H15ClO. The van der Waals surface area contributed by atoms with Crippen LogP contribution in [0.25, 0.3) is 0 Å². The van der Waals surface area contributed by atoms with Gasteiger partial charge in [0, 0.05) is 10.9 Å². The van der Waals surface area contributed by atoms with Gasteiger partial charge in [-0.15, -0.1) is 0 Å². The van der Waals surface area contributed by atoms with E-state index in [4.69, 9.17) is 11.6 Å². The smallest absolute Gasteiger partial charge is 0.123 e. The predicted octanol–water partition coefficient (Wildman–Crippen LogP) is 3.35. The van der Waals surface area contributed by atoms with Gasteiger partial charge in [-0.1, -0.05) is 37.6 Å². The molecule has 0 aliphatic rings. The normalized spacial score (nSPS) is 12.9. The fourth-order valence-electron chi connectivity index (χ4n) is 1.38. The van der Waals surface area contributed by atoms with Gasteiger partial charge in [0.05, 0.1) is 0 Å². The van der Waals surface area contributed by atoms with E-state index in [0.717, 1.165) is 23.3 Å². The molecule has 14 heavy (non-hydrogen) atoms. The van der Waals surface area contributed by atoms with Crippen molar-refractivity contribution in [1.82, 2.24) is 0 Å². The standard InChI is InChI=1S/C12H15ClO/c1-9(2)11(8-14)6-10-4-3-5-12(13)7-10/h3-5,7-9,11H,6H2,1-2H3. The quantitative estimate of drug-likeness (QED) is 0.697. The summed E-state index contributed by atoms with van der Waals surface area (Å²) in [4.78, 5) is 10.8. The van der Waals surface area contributed by atoms with Crippen molar-refractivity contribution in [2.75, 3.05) is 0 Å². The van der Waals surface area contributed by atoms with Crippen molar-refractivity contribution in [1.29, 1.82) is 0 Å². The number of aldehydes is 1. The van der Waals surface area contributed by atoms with E-state index >= 15 is 0 Å². The molecule has 76 valence electrons. The third kappa shape index (κ3) is 3.15. The zero-order valence-corrected chi connectivity index (χ0v) is 9.29. The Hall–Kier alpha value is -0.820. The summed E-state index contributed by atoms with van der Waals surface area (Å²) in [6.07, 6.45) is 1.81. The SMILES string of the molecule is CC(C)C(C=O)Cc1cccc(Cl)c1. The third-order valence-electron chi connectivity index (χ3n) is 2.39. The van der Waals surface area contributed by atoms with Gasteiger partial charge in [-0.3, -0.25) is 0 Å². The van der Waals surface area contributed by atoms with E-state index in [1.807, 2.05) is 24.3 Å². The summed E-state index contributed by atoms with van der Waals surface area (Å²) in [6.45, 7) is 4.12. The molecule has 1 nitrogen and oxygen atoms in total. The van der Waals surface area contributed by atoms with Crippen molar-refractivity contribution in [2.45, 2.75) is 20.3 Å². The maximum atomic E-state index is 10.8. The van der Waals surface area contributed by atoms with Crippen molar-refractivity contribution in [2.24, 2.45) is 11.8 Å². The summed E-state index contributed by atoms with van der Waals surface area (Å²) in [5.41, 5.74) is 1.13. The first-order chi connectivity index (χ1) is 6.63. The molecule has 0 heterocycles. The van der Waals surface area contributed by atoms with E-state index < -0.39 is 0 Å². The second-order valence-electron chi connectivity index (χ2n) is 3.88. The van der Waals surface area contributed by atoms with Gasteiger partial charge in [0.2, 0.25) is 0 Å². The Morgan fingerprint density at radius 1 is 1.43 bits per heavy atom. The van der Waals surface area contributed by atoms with Crippen LogP contribution in [-0.2, 0) is 11.2 Å². The lowest BCUT2D eigenvalue weighted by Gasteiger charge is -2.13. The zero-order chi connectivity index (χ0) is 10.6. The second kappa shape index (κ2) is 5.16. The molecule has 1 unspecified atom stereocenters. The molecule has 0 bridgehead atoms. The molecule has 1 atom stereocenters. The number of hydrogen-bond acceptors (Lipinski definition) is 1. The van der Waals surface area contributed by atoms with Crippen LogP contribution in [0.5, 0.6) is 0 Å². The van der Waals surface area contributed by atoms with Gasteiger partial charge in [-0.25, -0.2) is 0 Å². The zero-order valence-electron chi connectivity index (χ0n) is 8.53. The highest BCUT2D eigenvalue weighted by Crippen LogP contribution is 2.17. The number of halogens is 1. The fourth-order valence-corrected chi connectivity index (χ4v) is 1.59. The molecular weight excluding hydrogens is 196 g/mol. The first kappa shape index (κ1) is 11.3. The minimum atomic E-state index is 0.0912. The highest BCUT2D eigenvalue weighted by atomic mass is 35.5. The molecule has 0 spiro atoms. The van der Waals surface area contributed by atoms with Gasteiger partial charge in [0.15, 0.2) is 0 Å². The minimum absolute atomic E-state index is 0.0912. The van der Waals surface area contributed by atoms with Crippen molar-refractivity contribution in [3.05, 3.63) is 34.9 Å². The van der Waals surface area contributed by atoms with Crippen LogP contribution in [0.3, 0.4) is 0 Å². The molecule has 1 rings (SSSR count). The van der Waals surface area contributed by atoms with Crippen LogP contribution in [0.15, 0.2) is 24.3 Å². The molecule has 0 amide bonds. The lowest BCUT2D eigenvalue weighted by molar-refractivity contribution is -0.112. The van der Waals surface area contributed by atoms with E-state index in [9.17, 15) is 4.79 Å². The average molecular weight is 211 g/mol. The predicted molar refractivity (Wildman–Crippen MR) is 59.5 cm³/mol. The van der Waals surface area contributed by atoms with Crippen molar-refractivity contribution in [3.8, 4) is 0 Å². The van der Waals surface area contributed by atoms with Gasteiger partial charge in [0.1, 0.15) is 6.29 Å². The van der Waals surface area contributed by atoms with Crippen LogP contribution < -0.4 is 0 Å². The number of carbonyl (C=O) groups excluding carboxylic acids is 1. The lowest BCUT2D eigenvalue weighted by atomic mass is 9.91. The van der Waals surface area contributed by atoms with Gasteiger partial charge in [-0.2, -0.15) is 0 Å². The summed E-state index contributed by atoms with van der Waals surface area (Å²) < 4.78 is 0. The maximum Gasteiger partial charge on any atom is 0.123 e. The molecule has 1 aromatic carbocycles. The summed E-state index contributed by atoms with van der Waals surface area (Å²) in [6, 6.07) is 7.68. The van der Waals surface area contributed by atoms with Crippen LogP contribution >= 0.6 is 11.6 Å². The lowest BCUT2D eigenvalue weighted by Crippen LogP contribution is -2.13. The molecule has 0 radical (unpaired) electrons. The first-order valence-corrected chi connectivity index (χ1v) is 5.21. The molecule has 1 aromatic rings. The molecule has 0 aliphatic heterocycles. The largest absolute Gasteiger partial charge is 0.303 e. The Balaban J connectivity index is 2.72. The van der Waals surface area contributed by atoms with Gasteiger partial charge in [0.25, 0.3) is 0 Å². The highest BCUT2D eigenvalue weighted by Gasteiger charge is 2.12. The molecule has 0 N–H and O–H groups in total. The van der Waals surface area contributed by atoms with Crippen LogP contribution in [-0.4, -0.2) is 6.29 Å². The van der Waals surface area contributed by atoms with E-state index in [1.54, 1.807) is 0 Å². The van der Waals surface area contributed by atoms with E-state index in [-0.39, 0.29) is 5.92 Å². The van der Waals surface area contributed by atoms with Crippen molar-refractivity contribution >= 4 is 17.9 Å². The number of carbonyl (C=O) groups is 1. The Morgan fingerprint density at radius 3 is 2.64 bits per heavy atom. The monoisotopic (exact) mass is 210 g/mol. The van der Waals surface area contributed by atoms with E-state index in [2.05, 4.69) is 13.8 Å². The Morgan fingerprint density at radius 2 is 2.14 bits per heavy atom. The maximum absolute atomic E-state index is 10.8. The summed E-state index contributed by atoms with van der Waals surface area (Å²) in [7, 11) is 0. The van der Waals surface area contributed by atoms with Crippen LogP contribution in [0, 0.1) is 11.8 Å². The summed E-state index contributed by atoms with van der Waals surface area (Å²) in [5, 5.41) is 0.732. The Bertz CT molecular complexity index is 307. The molecule has 0 saturated heterocycles. The molecule has 0 aliphatic carbocycles. The first-order valence-electron chi connectivity index (χ1n) is 4.83. The minimum Gasteiger partial charge on any atom is -0.303 e. The van der Waals surface area contributed by atoms with Gasteiger partial charge in [-0.05, 0) is 30.0 Å². The van der Waals surface area contributed by atoms with Crippen molar-refractivity contribution in [3.63, 3.8) is 0 Å². The topological polar surface area (TPSA) is 17.1 Å². The van der Waals surface area contributed by atoms with Crippen LogP contribution in [0.1, 0.15) is 19.4 Å². The molecule has 0 saturated carbocycles. The van der Waals surface area contributed by atoms with Crippen molar-refractivity contribution < 1.29 is 4.79 Å². The Kier molecular flexibility index (Phi) is 4.15. The third-order valence-corrected chi connectivity index (χ3v) is 2.63. The van der Waals surface area contributed by atoms with Crippen LogP contribution in [0.4, 0.5) is 0 Å². The Labute approximate surface area is 90.1 Å². The number of hydrogen-bond donors (Lipinski definition) is 0. The highest BCUT2D eigenvalue weighted by molar-refractivity contribution is 6.30. The summed E-state index contributed by atoms with van der Waals surface area (Å²) >= 11 is 5.86. The number of benzene rings is 1. The summed E-state index contributed by atoms with van der Waals surface area (Å²) in [5.74, 6) is 0.472. The molecule has 2 heteroatoms. The number of rotatable bonds is 4. The van der Waals surface area contributed by atoms with E-state index in [1.165, 1.54) is 0 Å². The fraction of sp³-hybridized carbons (Fsp3) is 0.417. The van der Waals surface area contributed by atoms with E-state index in [0.29, 0.717) is 5.92 Å². The van der Waals surface area contributed by atoms with Gasteiger partial charge >= 0.3 is 0 Å².